The second kappa shape index (κ2) is 5.23. The van der Waals surface area contributed by atoms with Crippen molar-refractivity contribution >= 4 is 0 Å². The van der Waals surface area contributed by atoms with Crippen LogP contribution < -0.4 is 11.3 Å². The molecule has 0 radical (unpaired) electrons. The first kappa shape index (κ1) is 13.1. The number of fused-ring (bicyclic) bond motifs is 2. The maximum atomic E-state index is 5.93. The number of nitrogens with two attached hydrogens (primary N) is 1. The average molecular weight is 264 g/mol. The predicted octanol–water partition coefficient (Wildman–Crippen LogP) is 1.41. The third kappa shape index (κ3) is 2.55. The lowest BCUT2D eigenvalue weighted by Gasteiger charge is -2.27. The number of nitrogens with zero attached hydrogens (tertiary/aromatic N) is 2. The lowest BCUT2D eigenvalue weighted by Crippen LogP contribution is -2.45. The van der Waals surface area contributed by atoms with Gasteiger partial charge < -0.3 is 4.74 Å². The Morgan fingerprint density at radius 3 is 2.89 bits per heavy atom. The highest BCUT2D eigenvalue weighted by Crippen LogP contribution is 2.40. The summed E-state index contributed by atoms with van der Waals surface area (Å²) in [6.45, 7) is 4.28. The van der Waals surface area contributed by atoms with E-state index in [-0.39, 0.29) is 6.04 Å². The minimum Gasteiger partial charge on any atom is -0.375 e. The maximum absolute atomic E-state index is 5.93. The van der Waals surface area contributed by atoms with Crippen LogP contribution in [0.5, 0.6) is 0 Å². The van der Waals surface area contributed by atoms with Gasteiger partial charge in [-0.2, -0.15) is 5.10 Å². The summed E-state index contributed by atoms with van der Waals surface area (Å²) < 4.78 is 7.93. The Morgan fingerprint density at radius 2 is 2.37 bits per heavy atom. The molecule has 5 nitrogen and oxygen atoms in total. The van der Waals surface area contributed by atoms with Crippen molar-refractivity contribution in [3.63, 3.8) is 0 Å². The van der Waals surface area contributed by atoms with Crippen LogP contribution in [-0.4, -0.2) is 28.0 Å². The van der Waals surface area contributed by atoms with Crippen LogP contribution in [0.3, 0.4) is 0 Å². The fourth-order valence-corrected chi connectivity index (χ4v) is 3.43. The molecule has 0 saturated carbocycles. The quantitative estimate of drug-likeness (QED) is 0.623. The maximum Gasteiger partial charge on any atom is 0.0640 e. The summed E-state index contributed by atoms with van der Waals surface area (Å²) in [5, 5.41) is 4.61. The highest BCUT2D eigenvalue weighted by Gasteiger charge is 2.44. The van der Waals surface area contributed by atoms with E-state index in [2.05, 4.69) is 30.4 Å². The van der Waals surface area contributed by atoms with E-state index in [9.17, 15) is 0 Å². The SMILES string of the molecule is CC(C)n1ccc(CC(NN)C2CC3CCC2O3)n1. The van der Waals surface area contributed by atoms with E-state index < -0.39 is 0 Å². The zero-order valence-corrected chi connectivity index (χ0v) is 11.7. The molecule has 1 aromatic heterocycles. The van der Waals surface area contributed by atoms with Crippen molar-refractivity contribution in [2.75, 3.05) is 0 Å². The first-order valence-electron chi connectivity index (χ1n) is 7.33. The highest BCUT2D eigenvalue weighted by molar-refractivity contribution is 5.05. The van der Waals surface area contributed by atoms with Gasteiger partial charge in [0.2, 0.25) is 0 Å². The number of nitrogens with one attached hydrogen (secondary N) is 1. The van der Waals surface area contributed by atoms with E-state index in [1.54, 1.807) is 0 Å². The molecule has 3 rings (SSSR count). The third-order valence-corrected chi connectivity index (χ3v) is 4.51. The van der Waals surface area contributed by atoms with Gasteiger partial charge in [-0.3, -0.25) is 16.0 Å². The predicted molar refractivity (Wildman–Crippen MR) is 73.4 cm³/mol. The van der Waals surface area contributed by atoms with Gasteiger partial charge in [-0.1, -0.05) is 0 Å². The molecule has 106 valence electrons. The molecule has 0 aliphatic carbocycles. The molecule has 2 bridgehead atoms. The van der Waals surface area contributed by atoms with Crippen LogP contribution in [0.25, 0.3) is 0 Å². The van der Waals surface area contributed by atoms with Gasteiger partial charge in [-0.15, -0.1) is 0 Å². The Bertz CT molecular complexity index is 431. The van der Waals surface area contributed by atoms with Crippen molar-refractivity contribution in [1.82, 2.24) is 15.2 Å². The summed E-state index contributed by atoms with van der Waals surface area (Å²) in [5.41, 5.74) is 4.10. The molecule has 2 aliphatic rings. The van der Waals surface area contributed by atoms with E-state index in [4.69, 9.17) is 10.6 Å². The van der Waals surface area contributed by atoms with Crippen LogP contribution in [0.15, 0.2) is 12.3 Å². The second-order valence-corrected chi connectivity index (χ2v) is 6.13. The summed E-state index contributed by atoms with van der Waals surface area (Å²) in [6.07, 6.45) is 7.36. The summed E-state index contributed by atoms with van der Waals surface area (Å²) >= 11 is 0. The van der Waals surface area contributed by atoms with Gasteiger partial charge in [0.05, 0.1) is 17.9 Å². The molecule has 0 spiro atoms. The minimum atomic E-state index is 0.269. The van der Waals surface area contributed by atoms with Crippen LogP contribution in [0.4, 0.5) is 0 Å². The largest absolute Gasteiger partial charge is 0.375 e. The molecule has 4 atom stereocenters. The molecule has 2 saturated heterocycles. The number of rotatable bonds is 5. The fourth-order valence-electron chi connectivity index (χ4n) is 3.43. The second-order valence-electron chi connectivity index (χ2n) is 6.13. The first-order valence-corrected chi connectivity index (χ1v) is 7.33. The van der Waals surface area contributed by atoms with Crippen molar-refractivity contribution in [2.24, 2.45) is 11.8 Å². The molecule has 0 amide bonds. The number of hydrogen-bond donors (Lipinski definition) is 2. The first-order chi connectivity index (χ1) is 9.17. The molecule has 0 aromatic carbocycles. The number of ether oxygens (including phenoxy) is 1. The summed E-state index contributed by atoms with van der Waals surface area (Å²) in [6, 6.07) is 2.77. The minimum absolute atomic E-state index is 0.269. The normalized spacial score (nSPS) is 31.3. The zero-order valence-electron chi connectivity index (χ0n) is 11.7. The van der Waals surface area contributed by atoms with E-state index in [0.717, 1.165) is 18.5 Å². The molecule has 5 heteroatoms. The summed E-state index contributed by atoms with van der Waals surface area (Å²) in [7, 11) is 0. The number of hydrazine groups is 1. The van der Waals surface area contributed by atoms with Crippen molar-refractivity contribution < 1.29 is 4.74 Å². The fraction of sp³-hybridized carbons (Fsp3) is 0.786. The van der Waals surface area contributed by atoms with Crippen LogP contribution >= 0.6 is 0 Å². The van der Waals surface area contributed by atoms with Gasteiger partial charge in [0.25, 0.3) is 0 Å². The van der Waals surface area contributed by atoms with Gasteiger partial charge in [0, 0.05) is 30.6 Å². The molecule has 2 fully saturated rings. The van der Waals surface area contributed by atoms with Gasteiger partial charge in [0.1, 0.15) is 0 Å². The van der Waals surface area contributed by atoms with Crippen molar-refractivity contribution in [3.8, 4) is 0 Å². The summed E-state index contributed by atoms with van der Waals surface area (Å²) in [5.74, 6) is 6.29. The van der Waals surface area contributed by atoms with E-state index in [1.165, 1.54) is 12.8 Å². The number of hydrogen-bond acceptors (Lipinski definition) is 4. The lowest BCUT2D eigenvalue weighted by molar-refractivity contribution is 0.0856. The molecule has 3 heterocycles. The van der Waals surface area contributed by atoms with Crippen molar-refractivity contribution in [2.45, 2.75) is 63.8 Å². The Kier molecular flexibility index (Phi) is 3.60. The van der Waals surface area contributed by atoms with Gasteiger partial charge in [0.15, 0.2) is 0 Å². The van der Waals surface area contributed by atoms with Crippen molar-refractivity contribution in [3.05, 3.63) is 18.0 Å². The summed E-state index contributed by atoms with van der Waals surface area (Å²) in [4.78, 5) is 0. The molecule has 2 aliphatic heterocycles. The van der Waals surface area contributed by atoms with Crippen molar-refractivity contribution in [1.29, 1.82) is 0 Å². The Balaban J connectivity index is 1.66. The standard InChI is InChI=1S/C14H24N4O/c1-9(2)18-6-5-10(17-18)7-13(16-15)12-8-11-3-4-14(12)19-11/h5-6,9,11-14,16H,3-4,7-8,15H2,1-2H3. The topological polar surface area (TPSA) is 65.1 Å². The van der Waals surface area contributed by atoms with E-state index >= 15 is 0 Å². The Hall–Kier alpha value is -0.910. The highest BCUT2D eigenvalue weighted by atomic mass is 16.5. The molecule has 4 unspecified atom stereocenters. The monoisotopic (exact) mass is 264 g/mol. The molecular weight excluding hydrogens is 240 g/mol. The van der Waals surface area contributed by atoms with Crippen LogP contribution in [0, 0.1) is 5.92 Å². The van der Waals surface area contributed by atoms with Crippen LogP contribution in [0.1, 0.15) is 44.8 Å². The average Bonchev–Trinajstić information content (AvgIpc) is 3.11. The van der Waals surface area contributed by atoms with Gasteiger partial charge >= 0.3 is 0 Å². The van der Waals surface area contributed by atoms with Crippen LogP contribution in [0.2, 0.25) is 0 Å². The number of aromatic nitrogens is 2. The van der Waals surface area contributed by atoms with E-state index in [1.807, 2.05) is 10.9 Å². The van der Waals surface area contributed by atoms with Crippen LogP contribution in [-0.2, 0) is 11.2 Å². The third-order valence-electron chi connectivity index (χ3n) is 4.51. The van der Waals surface area contributed by atoms with Gasteiger partial charge in [-0.05, 0) is 39.2 Å². The zero-order chi connectivity index (χ0) is 13.4. The molecule has 1 aromatic rings. The van der Waals surface area contributed by atoms with E-state index in [0.29, 0.717) is 24.2 Å². The Labute approximate surface area is 114 Å². The Morgan fingerprint density at radius 1 is 1.53 bits per heavy atom. The lowest BCUT2D eigenvalue weighted by atomic mass is 9.82. The molecule has 19 heavy (non-hydrogen) atoms. The molecule has 3 N–H and O–H groups in total. The smallest absolute Gasteiger partial charge is 0.0640 e. The van der Waals surface area contributed by atoms with Gasteiger partial charge in [-0.25, -0.2) is 0 Å². The molecular formula is C14H24N4O.